The lowest BCUT2D eigenvalue weighted by Crippen LogP contribution is -2.40. The van der Waals surface area contributed by atoms with Crippen LogP contribution in [0, 0.1) is 11.8 Å². The smallest absolute Gasteiger partial charge is 0.191 e. The second kappa shape index (κ2) is 10.8. The molecular formula is C19H34IN5S. The average Bonchev–Trinajstić information content (AvgIpc) is 3.12. The van der Waals surface area contributed by atoms with Crippen molar-refractivity contribution in [3.63, 3.8) is 0 Å². The summed E-state index contributed by atoms with van der Waals surface area (Å²) < 4.78 is 0. The van der Waals surface area contributed by atoms with Gasteiger partial charge in [0.25, 0.3) is 0 Å². The number of piperidine rings is 1. The highest BCUT2D eigenvalue weighted by Crippen LogP contribution is 2.28. The van der Waals surface area contributed by atoms with E-state index in [2.05, 4.69) is 41.7 Å². The standard InChI is InChI=1S/C19H33N5S.HI/c1-4-18-22-16(13-25-18)12-24-8-6-15(7-9-24)11-21-19(20-5-2)23-17-10-14(17)3;/h13-15,17H,4-12H2,1-3H3,(H2,20,21,23);1H. The highest BCUT2D eigenvalue weighted by molar-refractivity contribution is 14.0. The van der Waals surface area contributed by atoms with Gasteiger partial charge < -0.3 is 10.6 Å². The number of nitrogens with zero attached hydrogens (tertiary/aromatic N) is 3. The Bertz CT molecular complexity index is 568. The summed E-state index contributed by atoms with van der Waals surface area (Å²) in [5, 5.41) is 10.4. The van der Waals surface area contributed by atoms with Crippen molar-refractivity contribution >= 4 is 41.3 Å². The van der Waals surface area contributed by atoms with Crippen molar-refractivity contribution in [3.05, 3.63) is 16.1 Å². The van der Waals surface area contributed by atoms with Crippen LogP contribution >= 0.6 is 35.3 Å². The van der Waals surface area contributed by atoms with Gasteiger partial charge in [-0.25, -0.2) is 4.98 Å². The van der Waals surface area contributed by atoms with E-state index in [-0.39, 0.29) is 24.0 Å². The lowest BCUT2D eigenvalue weighted by atomic mass is 9.97. The molecular weight excluding hydrogens is 457 g/mol. The lowest BCUT2D eigenvalue weighted by Gasteiger charge is -2.30. The minimum atomic E-state index is 0. The molecule has 0 spiro atoms. The zero-order chi connectivity index (χ0) is 17.6. The molecule has 2 fully saturated rings. The number of likely N-dealkylation sites (tertiary alicyclic amines) is 1. The summed E-state index contributed by atoms with van der Waals surface area (Å²) in [6, 6.07) is 0.630. The summed E-state index contributed by atoms with van der Waals surface area (Å²) in [6.45, 7) is 11.8. The van der Waals surface area contributed by atoms with E-state index in [4.69, 9.17) is 9.98 Å². The third-order valence-corrected chi connectivity index (χ3v) is 6.32. The molecule has 0 bridgehead atoms. The second-order valence-corrected chi connectivity index (χ2v) is 8.43. The summed E-state index contributed by atoms with van der Waals surface area (Å²) in [6.07, 6.45) is 4.81. The number of hydrogen-bond acceptors (Lipinski definition) is 4. The van der Waals surface area contributed by atoms with E-state index >= 15 is 0 Å². The van der Waals surface area contributed by atoms with Crippen LogP contribution in [0.2, 0.25) is 0 Å². The van der Waals surface area contributed by atoms with Gasteiger partial charge in [0.05, 0.1) is 10.7 Å². The summed E-state index contributed by atoms with van der Waals surface area (Å²) in [5.74, 6) is 2.52. The predicted octanol–water partition coefficient (Wildman–Crippen LogP) is 3.50. The Morgan fingerprint density at radius 1 is 1.35 bits per heavy atom. The summed E-state index contributed by atoms with van der Waals surface area (Å²) >= 11 is 1.80. The third-order valence-electron chi connectivity index (χ3n) is 5.28. The second-order valence-electron chi connectivity index (χ2n) is 7.49. The molecule has 26 heavy (non-hydrogen) atoms. The number of aromatic nitrogens is 1. The molecule has 2 heterocycles. The molecule has 148 valence electrons. The van der Waals surface area contributed by atoms with Crippen LogP contribution in [-0.2, 0) is 13.0 Å². The fourth-order valence-corrected chi connectivity index (χ4v) is 4.12. The Morgan fingerprint density at radius 2 is 2.08 bits per heavy atom. The molecule has 1 saturated heterocycles. The van der Waals surface area contributed by atoms with Gasteiger partial charge in [-0.1, -0.05) is 13.8 Å². The Hall–Kier alpha value is -0.410. The normalized spacial score (nSPS) is 24.2. The van der Waals surface area contributed by atoms with E-state index in [9.17, 15) is 0 Å². The number of rotatable bonds is 7. The number of aryl methyl sites for hydroxylation is 1. The van der Waals surface area contributed by atoms with Crippen molar-refractivity contribution in [2.45, 2.75) is 59.0 Å². The molecule has 1 aliphatic carbocycles. The summed E-state index contributed by atoms with van der Waals surface area (Å²) in [7, 11) is 0. The van der Waals surface area contributed by atoms with E-state index in [1.54, 1.807) is 11.3 Å². The van der Waals surface area contributed by atoms with Gasteiger partial charge in [-0.05, 0) is 57.5 Å². The third kappa shape index (κ3) is 6.64. The molecule has 5 nitrogen and oxygen atoms in total. The van der Waals surface area contributed by atoms with Crippen LogP contribution in [0.1, 0.15) is 50.7 Å². The molecule has 7 heteroatoms. The first-order valence-electron chi connectivity index (χ1n) is 9.88. The zero-order valence-electron chi connectivity index (χ0n) is 16.3. The van der Waals surface area contributed by atoms with E-state index in [1.807, 2.05) is 0 Å². The highest BCUT2D eigenvalue weighted by Gasteiger charge is 2.33. The molecule has 1 aromatic rings. The first-order valence-corrected chi connectivity index (χ1v) is 10.8. The molecule has 2 aliphatic rings. The van der Waals surface area contributed by atoms with E-state index in [0.717, 1.165) is 37.9 Å². The van der Waals surface area contributed by atoms with E-state index in [1.165, 1.54) is 43.1 Å². The maximum Gasteiger partial charge on any atom is 0.191 e. The largest absolute Gasteiger partial charge is 0.357 e. The van der Waals surface area contributed by atoms with Crippen LogP contribution in [0.5, 0.6) is 0 Å². The Kier molecular flexibility index (Phi) is 9.09. The van der Waals surface area contributed by atoms with Gasteiger partial charge in [0, 0.05) is 31.1 Å². The maximum absolute atomic E-state index is 4.84. The summed E-state index contributed by atoms with van der Waals surface area (Å²) in [5.41, 5.74) is 1.25. The fraction of sp³-hybridized carbons (Fsp3) is 0.789. The van der Waals surface area contributed by atoms with Crippen molar-refractivity contribution in [2.24, 2.45) is 16.8 Å². The first kappa shape index (κ1) is 21.9. The SMILES string of the molecule is CCNC(=NCC1CCN(Cc2csc(CC)n2)CC1)NC1CC1C.I. The fourth-order valence-electron chi connectivity index (χ4n) is 3.38. The van der Waals surface area contributed by atoms with E-state index in [0.29, 0.717) is 12.0 Å². The van der Waals surface area contributed by atoms with Crippen LogP contribution in [0.3, 0.4) is 0 Å². The molecule has 2 unspecified atom stereocenters. The average molecular weight is 491 g/mol. The topological polar surface area (TPSA) is 52.6 Å². The number of nitrogens with one attached hydrogen (secondary N) is 2. The molecule has 1 aliphatic heterocycles. The molecule has 2 N–H and O–H groups in total. The van der Waals surface area contributed by atoms with Crippen molar-refractivity contribution in [1.29, 1.82) is 0 Å². The number of hydrogen-bond donors (Lipinski definition) is 2. The molecule has 3 rings (SSSR count). The van der Waals surface area contributed by atoms with Crippen LogP contribution in [-0.4, -0.2) is 48.1 Å². The number of aliphatic imine (C=N–C) groups is 1. The summed E-state index contributed by atoms with van der Waals surface area (Å²) in [4.78, 5) is 12.1. The van der Waals surface area contributed by atoms with Gasteiger partial charge in [0.2, 0.25) is 0 Å². The van der Waals surface area contributed by atoms with Gasteiger partial charge in [0.15, 0.2) is 5.96 Å². The number of thiazole rings is 1. The Morgan fingerprint density at radius 3 is 2.65 bits per heavy atom. The van der Waals surface area contributed by atoms with Crippen molar-refractivity contribution in [3.8, 4) is 0 Å². The lowest BCUT2D eigenvalue weighted by molar-refractivity contribution is 0.179. The minimum absolute atomic E-state index is 0. The number of guanidine groups is 1. The maximum atomic E-state index is 4.84. The monoisotopic (exact) mass is 491 g/mol. The molecule has 2 atom stereocenters. The van der Waals surface area contributed by atoms with Gasteiger partial charge in [-0.2, -0.15) is 0 Å². The number of halogens is 1. The predicted molar refractivity (Wildman–Crippen MR) is 122 cm³/mol. The van der Waals surface area contributed by atoms with Gasteiger partial charge in [0.1, 0.15) is 0 Å². The molecule has 0 aromatic carbocycles. The van der Waals surface area contributed by atoms with Crippen LogP contribution in [0.15, 0.2) is 10.4 Å². The molecule has 0 amide bonds. The van der Waals surface area contributed by atoms with Crippen LogP contribution < -0.4 is 10.6 Å². The van der Waals surface area contributed by atoms with Crippen molar-refractivity contribution in [2.75, 3.05) is 26.2 Å². The zero-order valence-corrected chi connectivity index (χ0v) is 19.5. The Balaban J connectivity index is 0.00000243. The molecule has 0 radical (unpaired) electrons. The quantitative estimate of drug-likeness (QED) is 0.348. The van der Waals surface area contributed by atoms with Crippen LogP contribution in [0.25, 0.3) is 0 Å². The highest BCUT2D eigenvalue weighted by atomic mass is 127. The van der Waals surface area contributed by atoms with Gasteiger partial charge in [-0.3, -0.25) is 9.89 Å². The molecule has 1 aromatic heterocycles. The van der Waals surface area contributed by atoms with Gasteiger partial charge in [-0.15, -0.1) is 35.3 Å². The van der Waals surface area contributed by atoms with E-state index < -0.39 is 0 Å². The van der Waals surface area contributed by atoms with Crippen LogP contribution in [0.4, 0.5) is 0 Å². The van der Waals surface area contributed by atoms with Crippen molar-refractivity contribution in [1.82, 2.24) is 20.5 Å². The first-order chi connectivity index (χ1) is 12.2. The minimum Gasteiger partial charge on any atom is -0.357 e. The molecule has 1 saturated carbocycles. The van der Waals surface area contributed by atoms with Crippen molar-refractivity contribution < 1.29 is 0 Å². The Labute approximate surface area is 179 Å². The van der Waals surface area contributed by atoms with Gasteiger partial charge >= 0.3 is 0 Å².